The zero-order valence-corrected chi connectivity index (χ0v) is 11.1. The van der Waals surface area contributed by atoms with Crippen LogP contribution < -0.4 is 5.32 Å². The Labute approximate surface area is 115 Å². The number of carboxylic acid groups (broad SMARTS) is 1. The summed E-state index contributed by atoms with van der Waals surface area (Å²) in [6, 6.07) is 6.54. The molecular weight excluding hydrogens is 266 g/mol. The van der Waals surface area contributed by atoms with Crippen molar-refractivity contribution in [1.82, 2.24) is 9.78 Å². The fourth-order valence-corrected chi connectivity index (χ4v) is 1.99. The lowest BCUT2D eigenvalue weighted by Crippen LogP contribution is -2.23. The van der Waals surface area contributed by atoms with Crippen LogP contribution in [-0.2, 0) is 6.54 Å². The number of halogens is 1. The summed E-state index contributed by atoms with van der Waals surface area (Å²) in [5.74, 6) is -0.981. The first-order valence-corrected chi connectivity index (χ1v) is 6.21. The number of benzene rings is 1. The van der Waals surface area contributed by atoms with E-state index in [9.17, 15) is 4.79 Å². The molecule has 0 fully saturated rings. The Kier molecular flexibility index (Phi) is 4.06. The minimum absolute atomic E-state index is 0.0245. The fraction of sp³-hybridized carbons (Fsp3) is 0.231. The van der Waals surface area contributed by atoms with Gasteiger partial charge >= 0.3 is 5.97 Å². The molecule has 0 spiro atoms. The molecule has 1 unspecified atom stereocenters. The summed E-state index contributed by atoms with van der Waals surface area (Å²) in [5, 5.41) is 16.9. The molecule has 1 aromatic carbocycles. The Balaban J connectivity index is 2.13. The monoisotopic (exact) mass is 279 g/mol. The maximum atomic E-state index is 11.1. The Bertz CT molecular complexity index is 569. The molecule has 0 amide bonds. The van der Waals surface area contributed by atoms with Crippen molar-refractivity contribution in [3.8, 4) is 0 Å². The van der Waals surface area contributed by atoms with Crippen molar-refractivity contribution < 1.29 is 9.90 Å². The Morgan fingerprint density at radius 1 is 1.58 bits per heavy atom. The third-order valence-electron chi connectivity index (χ3n) is 2.63. The molecule has 0 bridgehead atoms. The second kappa shape index (κ2) is 5.75. The van der Waals surface area contributed by atoms with Gasteiger partial charge in [-0.25, -0.2) is 4.79 Å². The third kappa shape index (κ3) is 3.48. The first-order valence-electron chi connectivity index (χ1n) is 5.83. The molecule has 1 aromatic heterocycles. The normalized spacial score (nSPS) is 12.1. The lowest BCUT2D eigenvalue weighted by molar-refractivity contribution is 0.0698. The van der Waals surface area contributed by atoms with Gasteiger partial charge in [-0.15, -0.1) is 0 Å². The predicted octanol–water partition coefficient (Wildman–Crippen LogP) is 2.74. The van der Waals surface area contributed by atoms with Crippen LogP contribution in [0.15, 0.2) is 36.7 Å². The van der Waals surface area contributed by atoms with Gasteiger partial charge in [0.2, 0.25) is 0 Å². The van der Waals surface area contributed by atoms with Gasteiger partial charge in [-0.3, -0.25) is 4.68 Å². The highest BCUT2D eigenvalue weighted by molar-refractivity contribution is 6.31. The highest BCUT2D eigenvalue weighted by Crippen LogP contribution is 2.22. The van der Waals surface area contributed by atoms with Crippen molar-refractivity contribution in [2.75, 3.05) is 5.32 Å². The number of aromatic carboxylic acids is 1. The number of hydrogen-bond donors (Lipinski definition) is 2. The van der Waals surface area contributed by atoms with E-state index in [1.807, 2.05) is 19.2 Å². The summed E-state index contributed by atoms with van der Waals surface area (Å²) in [5.41, 5.74) is 0.719. The van der Waals surface area contributed by atoms with Gasteiger partial charge in [0, 0.05) is 23.5 Å². The van der Waals surface area contributed by atoms with Gasteiger partial charge in [-0.05, 0) is 31.2 Å². The maximum absolute atomic E-state index is 11.1. The molecule has 1 atom stereocenters. The number of carboxylic acids is 1. The van der Waals surface area contributed by atoms with E-state index in [1.165, 1.54) is 6.07 Å². The van der Waals surface area contributed by atoms with Crippen molar-refractivity contribution in [2.45, 2.75) is 19.5 Å². The third-order valence-corrected chi connectivity index (χ3v) is 2.87. The van der Waals surface area contributed by atoms with Crippen LogP contribution in [0.2, 0.25) is 5.02 Å². The van der Waals surface area contributed by atoms with Gasteiger partial charge in [0.05, 0.1) is 17.8 Å². The van der Waals surface area contributed by atoms with E-state index in [4.69, 9.17) is 16.7 Å². The number of carbonyl (C=O) groups is 1. The van der Waals surface area contributed by atoms with Gasteiger partial charge < -0.3 is 10.4 Å². The first-order chi connectivity index (χ1) is 9.06. The maximum Gasteiger partial charge on any atom is 0.337 e. The SMILES string of the molecule is CC(Cn1cccn1)Nc1cc(Cl)ccc1C(=O)O. The molecule has 0 aliphatic rings. The average molecular weight is 280 g/mol. The lowest BCUT2D eigenvalue weighted by atomic mass is 10.1. The minimum atomic E-state index is -0.981. The standard InChI is InChI=1S/C13H14ClN3O2/c1-9(8-17-6-2-5-15-17)16-12-7-10(14)3-4-11(12)13(18)19/h2-7,9,16H,8H2,1H3,(H,18,19). The molecule has 5 nitrogen and oxygen atoms in total. The Morgan fingerprint density at radius 2 is 2.37 bits per heavy atom. The topological polar surface area (TPSA) is 67.2 Å². The van der Waals surface area contributed by atoms with E-state index >= 15 is 0 Å². The smallest absolute Gasteiger partial charge is 0.337 e. The van der Waals surface area contributed by atoms with Crippen LogP contribution in [0.4, 0.5) is 5.69 Å². The molecule has 0 aliphatic carbocycles. The highest BCUT2D eigenvalue weighted by Gasteiger charge is 2.12. The summed E-state index contributed by atoms with van der Waals surface area (Å²) < 4.78 is 1.78. The first kappa shape index (κ1) is 13.4. The second-order valence-electron chi connectivity index (χ2n) is 4.27. The number of nitrogens with one attached hydrogen (secondary N) is 1. The molecule has 100 valence electrons. The molecule has 0 saturated carbocycles. The second-order valence-corrected chi connectivity index (χ2v) is 4.70. The summed E-state index contributed by atoms with van der Waals surface area (Å²) in [6.07, 6.45) is 3.56. The van der Waals surface area contributed by atoms with Crippen LogP contribution >= 0.6 is 11.6 Å². The van der Waals surface area contributed by atoms with Crippen molar-refractivity contribution in [1.29, 1.82) is 0 Å². The van der Waals surface area contributed by atoms with Crippen molar-refractivity contribution in [2.24, 2.45) is 0 Å². The molecule has 0 aliphatic heterocycles. The number of rotatable bonds is 5. The molecule has 0 saturated heterocycles. The van der Waals surface area contributed by atoms with Crippen LogP contribution in [-0.4, -0.2) is 26.9 Å². The van der Waals surface area contributed by atoms with Crippen LogP contribution in [0.1, 0.15) is 17.3 Å². The van der Waals surface area contributed by atoms with Crippen LogP contribution in [0.3, 0.4) is 0 Å². The van der Waals surface area contributed by atoms with E-state index in [1.54, 1.807) is 23.0 Å². The summed E-state index contributed by atoms with van der Waals surface area (Å²) in [6.45, 7) is 2.59. The minimum Gasteiger partial charge on any atom is -0.478 e. The number of anilines is 1. The summed E-state index contributed by atoms with van der Waals surface area (Å²) in [7, 11) is 0. The van der Waals surface area contributed by atoms with Gasteiger partial charge in [-0.2, -0.15) is 5.10 Å². The Hall–Kier alpha value is -2.01. The van der Waals surface area contributed by atoms with Gasteiger partial charge in [-0.1, -0.05) is 11.6 Å². The molecular formula is C13H14ClN3O2. The fourth-order valence-electron chi connectivity index (χ4n) is 1.82. The molecule has 6 heteroatoms. The van der Waals surface area contributed by atoms with E-state index in [0.717, 1.165) is 0 Å². The van der Waals surface area contributed by atoms with Crippen molar-refractivity contribution >= 4 is 23.3 Å². The number of nitrogens with zero attached hydrogens (tertiary/aromatic N) is 2. The summed E-state index contributed by atoms with van der Waals surface area (Å²) in [4.78, 5) is 11.1. The zero-order chi connectivity index (χ0) is 13.8. The van der Waals surface area contributed by atoms with Gasteiger partial charge in [0.15, 0.2) is 0 Å². The van der Waals surface area contributed by atoms with E-state index in [-0.39, 0.29) is 11.6 Å². The average Bonchev–Trinajstić information content (AvgIpc) is 2.81. The van der Waals surface area contributed by atoms with Crippen LogP contribution in [0.5, 0.6) is 0 Å². The zero-order valence-electron chi connectivity index (χ0n) is 10.4. The highest BCUT2D eigenvalue weighted by atomic mass is 35.5. The van der Waals surface area contributed by atoms with Gasteiger partial charge in [0.25, 0.3) is 0 Å². The van der Waals surface area contributed by atoms with Crippen LogP contribution in [0, 0.1) is 0 Å². The van der Waals surface area contributed by atoms with E-state index in [0.29, 0.717) is 17.3 Å². The molecule has 0 radical (unpaired) electrons. The van der Waals surface area contributed by atoms with Gasteiger partial charge in [0.1, 0.15) is 0 Å². The van der Waals surface area contributed by atoms with E-state index < -0.39 is 5.97 Å². The number of hydrogen-bond acceptors (Lipinski definition) is 3. The van der Waals surface area contributed by atoms with E-state index in [2.05, 4.69) is 10.4 Å². The largest absolute Gasteiger partial charge is 0.478 e. The molecule has 2 N–H and O–H groups in total. The van der Waals surface area contributed by atoms with Crippen molar-refractivity contribution in [3.05, 3.63) is 47.2 Å². The number of aromatic nitrogens is 2. The molecule has 2 aromatic rings. The predicted molar refractivity (Wildman–Crippen MR) is 73.7 cm³/mol. The van der Waals surface area contributed by atoms with Crippen molar-refractivity contribution in [3.63, 3.8) is 0 Å². The quantitative estimate of drug-likeness (QED) is 0.883. The summed E-state index contributed by atoms with van der Waals surface area (Å²) >= 11 is 5.90. The molecule has 2 rings (SSSR count). The van der Waals surface area contributed by atoms with Crippen LogP contribution in [0.25, 0.3) is 0 Å². The lowest BCUT2D eigenvalue weighted by Gasteiger charge is -2.17. The molecule has 19 heavy (non-hydrogen) atoms. The Morgan fingerprint density at radius 3 is 3.00 bits per heavy atom. The molecule has 1 heterocycles.